The van der Waals surface area contributed by atoms with Gasteiger partial charge in [0.25, 0.3) is 5.91 Å². The lowest BCUT2D eigenvalue weighted by molar-refractivity contribution is -0.142. The van der Waals surface area contributed by atoms with Crippen LogP contribution < -0.4 is 14.8 Å². The van der Waals surface area contributed by atoms with Crippen molar-refractivity contribution < 1.29 is 28.6 Å². The number of methoxy groups -OCH3 is 2. The molecule has 0 saturated carbocycles. The number of ether oxygens (including phenoxy) is 3. The molecule has 1 aliphatic rings. The van der Waals surface area contributed by atoms with Crippen LogP contribution >= 0.6 is 15.9 Å². The average molecular weight is 489 g/mol. The van der Waals surface area contributed by atoms with Crippen molar-refractivity contribution in [1.82, 2.24) is 10.2 Å². The first-order chi connectivity index (χ1) is 14.8. The summed E-state index contributed by atoms with van der Waals surface area (Å²) in [4.78, 5) is 37.6. The largest absolute Gasteiger partial charge is 0.493 e. The first-order valence-corrected chi connectivity index (χ1v) is 10.1. The van der Waals surface area contributed by atoms with Crippen molar-refractivity contribution in [2.75, 3.05) is 20.8 Å². The number of nitrogens with one attached hydrogen (secondary N) is 1. The Kier molecular flexibility index (Phi) is 6.96. The van der Waals surface area contributed by atoms with Crippen molar-refractivity contribution in [2.45, 2.75) is 13.5 Å². The predicted octanol–water partition coefficient (Wildman–Crippen LogP) is 3.41. The van der Waals surface area contributed by atoms with E-state index in [1.54, 1.807) is 18.2 Å². The molecule has 31 heavy (non-hydrogen) atoms. The number of halogens is 1. The number of hydrogen-bond donors (Lipinski definition) is 1. The van der Waals surface area contributed by atoms with Gasteiger partial charge in [0.15, 0.2) is 18.1 Å². The second kappa shape index (κ2) is 9.65. The van der Waals surface area contributed by atoms with E-state index in [0.29, 0.717) is 21.5 Å². The summed E-state index contributed by atoms with van der Waals surface area (Å²) in [5.74, 6) is -0.281. The van der Waals surface area contributed by atoms with Gasteiger partial charge in [-0.15, -0.1) is 0 Å². The Hall–Kier alpha value is -3.33. The molecule has 0 aliphatic carbocycles. The van der Waals surface area contributed by atoms with E-state index in [1.807, 2.05) is 31.2 Å². The zero-order valence-corrected chi connectivity index (χ0v) is 18.8. The van der Waals surface area contributed by atoms with Crippen molar-refractivity contribution >= 4 is 39.9 Å². The quantitative estimate of drug-likeness (QED) is 0.364. The van der Waals surface area contributed by atoms with Gasteiger partial charge in [0, 0.05) is 4.47 Å². The van der Waals surface area contributed by atoms with E-state index in [9.17, 15) is 14.4 Å². The smallest absolute Gasteiger partial charge is 0.343 e. The zero-order valence-electron chi connectivity index (χ0n) is 17.2. The summed E-state index contributed by atoms with van der Waals surface area (Å²) in [7, 11) is 2.72. The molecule has 0 atom stereocenters. The van der Waals surface area contributed by atoms with Gasteiger partial charge in [0.05, 0.1) is 20.8 Å². The van der Waals surface area contributed by atoms with Gasteiger partial charge in [0.2, 0.25) is 0 Å². The summed E-state index contributed by atoms with van der Waals surface area (Å²) in [5, 5.41) is 2.61. The number of nitrogens with zero attached hydrogens (tertiary/aromatic N) is 1. The second-order valence-electron chi connectivity index (χ2n) is 6.75. The van der Waals surface area contributed by atoms with E-state index in [1.165, 1.54) is 14.2 Å². The lowest BCUT2D eigenvalue weighted by atomic mass is 10.1. The van der Waals surface area contributed by atoms with Crippen LogP contribution in [0.5, 0.6) is 11.5 Å². The van der Waals surface area contributed by atoms with Crippen molar-refractivity contribution in [3.63, 3.8) is 0 Å². The highest BCUT2D eigenvalue weighted by Gasteiger charge is 2.33. The maximum atomic E-state index is 12.8. The molecular formula is C22H21BrN2O6. The third kappa shape index (κ3) is 5.24. The van der Waals surface area contributed by atoms with Gasteiger partial charge in [-0.3, -0.25) is 9.69 Å². The molecule has 162 valence electrons. The molecule has 1 N–H and O–H groups in total. The van der Waals surface area contributed by atoms with Crippen LogP contribution in [0.2, 0.25) is 0 Å². The number of benzene rings is 2. The summed E-state index contributed by atoms with van der Waals surface area (Å²) in [6, 6.07) is 10.4. The zero-order chi connectivity index (χ0) is 22.5. The number of imide groups is 1. The second-order valence-corrected chi connectivity index (χ2v) is 7.61. The molecule has 1 heterocycles. The molecule has 0 spiro atoms. The molecule has 0 bridgehead atoms. The number of urea groups is 1. The fourth-order valence-electron chi connectivity index (χ4n) is 2.88. The number of aryl methyl sites for hydroxylation is 1. The Bertz CT molecular complexity index is 1050. The molecule has 2 aromatic rings. The molecule has 1 aliphatic heterocycles. The van der Waals surface area contributed by atoms with Crippen molar-refractivity contribution in [3.05, 3.63) is 63.3 Å². The van der Waals surface area contributed by atoms with Gasteiger partial charge in [-0.2, -0.15) is 0 Å². The molecule has 1 fully saturated rings. The summed E-state index contributed by atoms with van der Waals surface area (Å²) in [6.45, 7) is 1.87. The molecule has 1 saturated heterocycles. The Morgan fingerprint density at radius 2 is 1.84 bits per heavy atom. The van der Waals surface area contributed by atoms with E-state index in [4.69, 9.17) is 9.47 Å². The molecule has 2 aromatic carbocycles. The molecule has 0 unspecified atom stereocenters. The van der Waals surface area contributed by atoms with Crippen LogP contribution in [0, 0.1) is 6.92 Å². The minimum Gasteiger partial charge on any atom is -0.493 e. The van der Waals surface area contributed by atoms with Crippen LogP contribution in [-0.4, -0.2) is 43.6 Å². The first-order valence-electron chi connectivity index (χ1n) is 9.29. The van der Waals surface area contributed by atoms with Gasteiger partial charge in [-0.25, -0.2) is 9.59 Å². The van der Waals surface area contributed by atoms with Gasteiger partial charge >= 0.3 is 12.0 Å². The number of rotatable bonds is 7. The third-order valence-corrected chi connectivity index (χ3v) is 5.27. The highest BCUT2D eigenvalue weighted by atomic mass is 79.9. The van der Waals surface area contributed by atoms with E-state index in [2.05, 4.69) is 26.0 Å². The number of hydrogen-bond acceptors (Lipinski definition) is 6. The normalized spacial score (nSPS) is 14.6. The van der Waals surface area contributed by atoms with Gasteiger partial charge < -0.3 is 19.5 Å². The monoisotopic (exact) mass is 488 g/mol. The summed E-state index contributed by atoms with van der Waals surface area (Å²) in [6.07, 6.45) is 1.55. The molecule has 3 amide bonds. The van der Waals surface area contributed by atoms with Crippen LogP contribution in [0.15, 0.2) is 46.6 Å². The van der Waals surface area contributed by atoms with Crippen LogP contribution in [0.4, 0.5) is 4.79 Å². The van der Waals surface area contributed by atoms with E-state index in [-0.39, 0.29) is 18.8 Å². The molecule has 3 rings (SSSR count). The molecular weight excluding hydrogens is 468 g/mol. The van der Waals surface area contributed by atoms with Gasteiger partial charge in [0.1, 0.15) is 5.70 Å². The Morgan fingerprint density at radius 1 is 1.13 bits per heavy atom. The van der Waals surface area contributed by atoms with Crippen molar-refractivity contribution in [3.8, 4) is 11.5 Å². The molecule has 0 radical (unpaired) electrons. The minimum atomic E-state index is -0.530. The summed E-state index contributed by atoms with van der Waals surface area (Å²) in [5.41, 5.74) is 2.68. The van der Waals surface area contributed by atoms with Gasteiger partial charge in [-0.05, 0) is 36.3 Å². The molecule has 0 aromatic heterocycles. The standard InChI is InChI=1S/C22H21BrN2O6/c1-13-4-6-14(7-5-13)11-25-21(27)17(24-22(25)28)8-15-9-18(29-2)19(10-16(15)23)31-12-20(26)30-3/h4-10H,11-12H2,1-3H3,(H,24,28)/b17-8+. The van der Waals surface area contributed by atoms with E-state index >= 15 is 0 Å². The Morgan fingerprint density at radius 3 is 2.48 bits per heavy atom. The maximum Gasteiger partial charge on any atom is 0.343 e. The maximum absolute atomic E-state index is 12.8. The summed E-state index contributed by atoms with van der Waals surface area (Å²) < 4.78 is 15.9. The number of amides is 3. The van der Waals surface area contributed by atoms with E-state index in [0.717, 1.165) is 16.0 Å². The number of esters is 1. The fraction of sp³-hybridized carbons (Fsp3) is 0.227. The van der Waals surface area contributed by atoms with Gasteiger partial charge in [-0.1, -0.05) is 45.8 Å². The lowest BCUT2D eigenvalue weighted by Crippen LogP contribution is -2.30. The summed E-state index contributed by atoms with van der Waals surface area (Å²) >= 11 is 3.42. The van der Waals surface area contributed by atoms with Crippen LogP contribution in [0.25, 0.3) is 6.08 Å². The highest BCUT2D eigenvalue weighted by Crippen LogP contribution is 2.35. The van der Waals surface area contributed by atoms with Crippen molar-refractivity contribution in [2.24, 2.45) is 0 Å². The first kappa shape index (κ1) is 22.4. The number of carbonyl (C=O) groups is 3. The van der Waals surface area contributed by atoms with Crippen LogP contribution in [0.3, 0.4) is 0 Å². The fourth-order valence-corrected chi connectivity index (χ4v) is 3.31. The predicted molar refractivity (Wildman–Crippen MR) is 116 cm³/mol. The average Bonchev–Trinajstić information content (AvgIpc) is 3.02. The Balaban J connectivity index is 1.82. The SMILES string of the molecule is COC(=O)COc1cc(Br)c(/C=C2/NC(=O)N(Cc3ccc(C)cc3)C2=O)cc1OC. The number of carbonyl (C=O) groups excluding carboxylic acids is 3. The van der Waals surface area contributed by atoms with Crippen LogP contribution in [-0.2, 0) is 20.9 Å². The lowest BCUT2D eigenvalue weighted by Gasteiger charge is -2.13. The van der Waals surface area contributed by atoms with E-state index < -0.39 is 17.9 Å². The van der Waals surface area contributed by atoms with Crippen molar-refractivity contribution in [1.29, 1.82) is 0 Å². The highest BCUT2D eigenvalue weighted by molar-refractivity contribution is 9.10. The van der Waals surface area contributed by atoms with Crippen LogP contribution in [0.1, 0.15) is 16.7 Å². The Labute approximate surface area is 187 Å². The molecule has 9 heteroatoms. The topological polar surface area (TPSA) is 94.2 Å². The third-order valence-electron chi connectivity index (χ3n) is 4.58. The molecule has 8 nitrogen and oxygen atoms in total. The minimum absolute atomic E-state index is 0.142.